The summed E-state index contributed by atoms with van der Waals surface area (Å²) in [5.41, 5.74) is 4.67. The third-order valence-electron chi connectivity index (χ3n) is 9.09. The molecule has 4 aromatic carbocycles. The quantitative estimate of drug-likeness (QED) is 0.139. The maximum atomic E-state index is 15.2. The van der Waals surface area contributed by atoms with Crippen molar-refractivity contribution in [2.24, 2.45) is 0 Å². The topological polar surface area (TPSA) is 87.7 Å². The number of benzene rings is 4. The second kappa shape index (κ2) is 15.2. The van der Waals surface area contributed by atoms with E-state index in [0.717, 1.165) is 33.4 Å². The number of hydrogen-bond donors (Lipinski definition) is 2. The first-order valence-corrected chi connectivity index (χ1v) is 17.2. The van der Waals surface area contributed by atoms with Crippen LogP contribution in [0.1, 0.15) is 73.9 Å². The van der Waals surface area contributed by atoms with Gasteiger partial charge in [0.2, 0.25) is 11.8 Å². The predicted molar refractivity (Wildman–Crippen MR) is 194 cm³/mol. The molecule has 0 bridgehead atoms. The molecule has 49 heavy (non-hydrogen) atoms. The smallest absolute Gasteiger partial charge is 0.306 e. The number of nitrogens with one attached hydrogen (secondary N) is 2. The fraction of sp³-hybridized carbons (Fsp3) is 0.357. The number of carbonyl (C=O) groups excluding carboxylic acids is 3. The van der Waals surface area contributed by atoms with Crippen molar-refractivity contribution in [1.82, 2.24) is 15.5 Å². The van der Waals surface area contributed by atoms with E-state index >= 15 is 4.79 Å². The van der Waals surface area contributed by atoms with Gasteiger partial charge in [-0.2, -0.15) is 0 Å². The molecule has 256 valence electrons. The zero-order valence-electron chi connectivity index (χ0n) is 29.5. The third-order valence-corrected chi connectivity index (χ3v) is 9.09. The molecule has 1 aliphatic heterocycles. The molecule has 1 heterocycles. The second-order valence-corrected chi connectivity index (χ2v) is 14.2. The number of rotatable bonds is 11. The van der Waals surface area contributed by atoms with Crippen molar-refractivity contribution < 1.29 is 19.1 Å². The van der Waals surface area contributed by atoms with Gasteiger partial charge in [0.15, 0.2) is 0 Å². The molecule has 0 aromatic heterocycles. The zero-order valence-corrected chi connectivity index (χ0v) is 29.5. The van der Waals surface area contributed by atoms with Crippen molar-refractivity contribution in [2.75, 3.05) is 6.54 Å². The molecule has 2 amide bonds. The molecule has 0 saturated carbocycles. The van der Waals surface area contributed by atoms with Crippen molar-refractivity contribution in [3.8, 4) is 0 Å². The molecule has 1 saturated heterocycles. The lowest BCUT2D eigenvalue weighted by Crippen LogP contribution is -2.65. The van der Waals surface area contributed by atoms with Crippen molar-refractivity contribution >= 4 is 17.8 Å². The van der Waals surface area contributed by atoms with E-state index in [9.17, 15) is 9.59 Å². The van der Waals surface area contributed by atoms with Crippen LogP contribution in [0.25, 0.3) is 0 Å². The van der Waals surface area contributed by atoms with E-state index in [-0.39, 0.29) is 30.7 Å². The van der Waals surface area contributed by atoms with Crippen LogP contribution in [0.5, 0.6) is 0 Å². The van der Waals surface area contributed by atoms with Crippen molar-refractivity contribution in [2.45, 2.75) is 90.1 Å². The summed E-state index contributed by atoms with van der Waals surface area (Å²) in [6.07, 6.45) is 0.575. The van der Waals surface area contributed by atoms with Gasteiger partial charge < -0.3 is 15.0 Å². The minimum atomic E-state index is -0.918. The van der Waals surface area contributed by atoms with E-state index < -0.39 is 29.2 Å². The summed E-state index contributed by atoms with van der Waals surface area (Å²) in [6, 6.07) is 35.1. The van der Waals surface area contributed by atoms with E-state index in [2.05, 4.69) is 79.1 Å². The molecule has 1 aliphatic rings. The molecule has 1 fully saturated rings. The maximum Gasteiger partial charge on any atom is 0.306 e. The highest BCUT2D eigenvalue weighted by Crippen LogP contribution is 2.38. The lowest BCUT2D eigenvalue weighted by molar-refractivity contribution is -0.156. The van der Waals surface area contributed by atoms with Gasteiger partial charge in [0.1, 0.15) is 11.6 Å². The predicted octanol–water partition coefficient (Wildman–Crippen LogP) is 6.63. The lowest BCUT2D eigenvalue weighted by Gasteiger charge is -2.44. The Hall–Kier alpha value is -4.75. The van der Waals surface area contributed by atoms with Gasteiger partial charge in [-0.1, -0.05) is 115 Å². The van der Waals surface area contributed by atoms with Gasteiger partial charge in [-0.05, 0) is 82.2 Å². The van der Waals surface area contributed by atoms with Crippen LogP contribution in [0.2, 0.25) is 0 Å². The molecule has 0 aliphatic carbocycles. The average molecular weight is 660 g/mol. The van der Waals surface area contributed by atoms with Gasteiger partial charge in [-0.25, -0.2) is 0 Å². The van der Waals surface area contributed by atoms with Gasteiger partial charge in [0.25, 0.3) is 0 Å². The van der Waals surface area contributed by atoms with Gasteiger partial charge in [-0.3, -0.25) is 19.7 Å². The Morgan fingerprint density at radius 1 is 0.857 bits per heavy atom. The molecule has 4 aromatic rings. The first-order chi connectivity index (χ1) is 23.4. The Labute approximate surface area is 291 Å². The molecule has 0 spiro atoms. The number of piperazine rings is 1. The Morgan fingerprint density at radius 3 is 1.88 bits per heavy atom. The minimum absolute atomic E-state index is 0.0185. The first kappa shape index (κ1) is 35.6. The van der Waals surface area contributed by atoms with Crippen LogP contribution in [-0.4, -0.2) is 53.0 Å². The Balaban J connectivity index is 1.63. The minimum Gasteiger partial charge on any atom is -0.460 e. The van der Waals surface area contributed by atoms with Crippen molar-refractivity contribution in [1.29, 1.82) is 0 Å². The van der Waals surface area contributed by atoms with E-state index in [4.69, 9.17) is 4.74 Å². The van der Waals surface area contributed by atoms with E-state index in [1.54, 1.807) is 4.90 Å². The summed E-state index contributed by atoms with van der Waals surface area (Å²) in [7, 11) is 0. The summed E-state index contributed by atoms with van der Waals surface area (Å²) in [6.45, 7) is 11.8. The highest BCUT2D eigenvalue weighted by molar-refractivity contribution is 5.92. The van der Waals surface area contributed by atoms with Crippen LogP contribution in [0.15, 0.2) is 109 Å². The van der Waals surface area contributed by atoms with Crippen LogP contribution in [0.4, 0.5) is 0 Å². The van der Waals surface area contributed by atoms with Crippen LogP contribution in [-0.2, 0) is 31.1 Å². The first-order valence-electron chi connectivity index (χ1n) is 17.2. The number of esters is 1. The number of hydrogen-bond acceptors (Lipinski definition) is 5. The van der Waals surface area contributed by atoms with E-state index in [0.29, 0.717) is 13.0 Å². The molecule has 0 radical (unpaired) electrons. The summed E-state index contributed by atoms with van der Waals surface area (Å²) >= 11 is 0. The molecular formula is C42H49N3O4. The standard InChI is InChI=1S/C42H49N3O4/c1-29-22-23-32(30(2)26-29)27-36(40(48)45-28-31(3)43-39(47)37(45)24-25-38(46)49-41(4,5)6)44-42(33-16-10-7-11-17-33,34-18-12-8-13-19-34)35-20-14-9-15-21-35/h7-23,26,31,36-37,44H,24-25,27-28H2,1-6H3,(H,43,47)/t31-,36+,37+/m1/s1. The molecule has 7 heteroatoms. The van der Waals surface area contributed by atoms with Crippen molar-refractivity contribution in [3.05, 3.63) is 143 Å². The molecule has 7 nitrogen and oxygen atoms in total. The highest BCUT2D eigenvalue weighted by atomic mass is 16.6. The zero-order chi connectivity index (χ0) is 35.2. The molecule has 0 unspecified atom stereocenters. The van der Waals surface area contributed by atoms with E-state index in [1.165, 1.54) is 0 Å². The molecule has 5 rings (SSSR count). The van der Waals surface area contributed by atoms with Crippen LogP contribution in [0.3, 0.4) is 0 Å². The van der Waals surface area contributed by atoms with E-state index in [1.807, 2.05) is 82.3 Å². The summed E-state index contributed by atoms with van der Waals surface area (Å²) in [5.74, 6) is -0.850. The number of ether oxygens (including phenoxy) is 1. The number of carbonyl (C=O) groups is 3. The Morgan fingerprint density at radius 2 is 1.39 bits per heavy atom. The largest absolute Gasteiger partial charge is 0.460 e. The summed E-state index contributed by atoms with van der Waals surface area (Å²) < 4.78 is 5.56. The van der Waals surface area contributed by atoms with Gasteiger partial charge in [0, 0.05) is 19.0 Å². The maximum absolute atomic E-state index is 15.2. The monoisotopic (exact) mass is 659 g/mol. The van der Waals surface area contributed by atoms with Gasteiger partial charge in [-0.15, -0.1) is 0 Å². The van der Waals surface area contributed by atoms with Crippen molar-refractivity contribution in [3.63, 3.8) is 0 Å². The second-order valence-electron chi connectivity index (χ2n) is 14.2. The number of aryl methyl sites for hydroxylation is 2. The molecular weight excluding hydrogens is 610 g/mol. The van der Waals surface area contributed by atoms with Gasteiger partial charge >= 0.3 is 5.97 Å². The normalized spacial score (nSPS) is 17.3. The average Bonchev–Trinajstić information content (AvgIpc) is 3.07. The third kappa shape index (κ3) is 8.46. The summed E-state index contributed by atoms with van der Waals surface area (Å²) in [4.78, 5) is 43.2. The van der Waals surface area contributed by atoms with Crippen LogP contribution in [0, 0.1) is 13.8 Å². The molecule has 2 N–H and O–H groups in total. The van der Waals surface area contributed by atoms with Crippen LogP contribution < -0.4 is 10.6 Å². The van der Waals surface area contributed by atoms with Gasteiger partial charge in [0.05, 0.1) is 11.6 Å². The fourth-order valence-corrected chi connectivity index (χ4v) is 6.90. The fourth-order valence-electron chi connectivity index (χ4n) is 6.90. The lowest BCUT2D eigenvalue weighted by atomic mass is 9.76. The summed E-state index contributed by atoms with van der Waals surface area (Å²) in [5, 5.41) is 6.95. The Kier molecular flexibility index (Phi) is 11.0. The number of nitrogens with zero attached hydrogens (tertiary/aromatic N) is 1. The highest BCUT2D eigenvalue weighted by Gasteiger charge is 2.44. The number of amides is 2. The van der Waals surface area contributed by atoms with Crippen LogP contribution >= 0.6 is 0 Å². The molecule has 3 atom stereocenters. The Bertz CT molecular complexity index is 1640. The SMILES string of the molecule is Cc1ccc(C[C@H](NC(c2ccccc2)(c2ccccc2)c2ccccc2)C(=O)N2C[C@@H](C)NC(=O)[C@@H]2CCC(=O)OC(C)(C)C)c(C)c1.